The van der Waals surface area contributed by atoms with Crippen molar-refractivity contribution in [3.63, 3.8) is 0 Å². The molecule has 0 radical (unpaired) electrons. The number of hydrogen-bond acceptors (Lipinski definition) is 4. The van der Waals surface area contributed by atoms with Crippen LogP contribution in [-0.2, 0) is 10.4 Å². The SMILES string of the molecule is CC(C)C1(F)C(F)=C(F)C(N)(F)C(F)(F)C1(N)F.O=S(=O)(O)O. The van der Waals surface area contributed by atoms with E-state index in [1.54, 1.807) is 0 Å². The molecule has 0 bridgehead atoms. The molecule has 14 heteroatoms. The predicted molar refractivity (Wildman–Crippen MR) is 63.1 cm³/mol. The van der Waals surface area contributed by atoms with Gasteiger partial charge in [-0.25, -0.2) is 22.0 Å². The molecule has 23 heavy (non-hydrogen) atoms. The van der Waals surface area contributed by atoms with E-state index in [2.05, 4.69) is 11.5 Å². The quantitative estimate of drug-likeness (QED) is 0.313. The average molecular weight is 378 g/mol. The van der Waals surface area contributed by atoms with E-state index in [1.807, 2.05) is 0 Å². The van der Waals surface area contributed by atoms with Crippen LogP contribution in [0.1, 0.15) is 13.8 Å². The van der Waals surface area contributed by atoms with Crippen LogP contribution in [0.5, 0.6) is 0 Å². The molecule has 0 aliphatic heterocycles. The molecular weight excluding hydrogens is 365 g/mol. The van der Waals surface area contributed by atoms with Crippen LogP contribution in [0.3, 0.4) is 0 Å². The van der Waals surface area contributed by atoms with E-state index in [1.165, 1.54) is 0 Å². The molecule has 0 aromatic carbocycles. The van der Waals surface area contributed by atoms with Crippen molar-refractivity contribution in [2.75, 3.05) is 0 Å². The van der Waals surface area contributed by atoms with Crippen molar-refractivity contribution in [3.8, 4) is 0 Å². The predicted octanol–water partition coefficient (Wildman–Crippen LogP) is 1.75. The Hall–Kier alpha value is -0.960. The number of rotatable bonds is 1. The summed E-state index contributed by atoms with van der Waals surface area (Å²) >= 11 is 0. The van der Waals surface area contributed by atoms with Crippen LogP contribution in [0.25, 0.3) is 0 Å². The molecule has 0 aromatic heterocycles. The van der Waals surface area contributed by atoms with Gasteiger partial charge >= 0.3 is 16.3 Å². The van der Waals surface area contributed by atoms with E-state index in [0.29, 0.717) is 0 Å². The molecule has 138 valence electrons. The third kappa shape index (κ3) is 3.31. The van der Waals surface area contributed by atoms with Gasteiger partial charge in [-0.2, -0.15) is 17.2 Å². The number of nitrogens with two attached hydrogens (primary N) is 2. The number of hydrogen-bond donors (Lipinski definition) is 4. The highest BCUT2D eigenvalue weighted by Crippen LogP contribution is 2.58. The summed E-state index contributed by atoms with van der Waals surface area (Å²) in [6.45, 7) is 1.57. The molecule has 0 saturated heterocycles. The van der Waals surface area contributed by atoms with E-state index in [-0.39, 0.29) is 0 Å². The molecule has 1 aliphatic rings. The molecule has 1 aliphatic carbocycles. The lowest BCUT2D eigenvalue weighted by Gasteiger charge is -2.48. The average Bonchev–Trinajstić information content (AvgIpc) is 2.31. The van der Waals surface area contributed by atoms with Crippen molar-refractivity contribution in [2.45, 2.75) is 37.0 Å². The van der Waals surface area contributed by atoms with Crippen molar-refractivity contribution in [1.29, 1.82) is 0 Å². The molecule has 1 rings (SSSR count). The minimum atomic E-state index is -5.49. The van der Waals surface area contributed by atoms with Crippen LogP contribution < -0.4 is 11.5 Å². The van der Waals surface area contributed by atoms with Crippen LogP contribution >= 0.6 is 0 Å². The zero-order valence-corrected chi connectivity index (χ0v) is 12.3. The summed E-state index contributed by atoms with van der Waals surface area (Å²) in [5.74, 6) is -22.6. The van der Waals surface area contributed by atoms with Crippen molar-refractivity contribution in [3.05, 3.63) is 11.7 Å². The summed E-state index contributed by atoms with van der Waals surface area (Å²) in [6, 6.07) is 0. The highest BCUT2D eigenvalue weighted by molar-refractivity contribution is 7.79. The highest BCUT2D eigenvalue weighted by Gasteiger charge is 2.82. The number of alkyl halides is 5. The van der Waals surface area contributed by atoms with Gasteiger partial charge < -0.3 is 0 Å². The molecule has 0 aromatic rings. The van der Waals surface area contributed by atoms with Gasteiger partial charge in [-0.05, 0) is 5.92 Å². The third-order valence-corrected chi connectivity index (χ3v) is 3.07. The van der Waals surface area contributed by atoms with E-state index in [4.69, 9.17) is 17.5 Å². The maximum absolute atomic E-state index is 14.1. The molecule has 0 amide bonds. The van der Waals surface area contributed by atoms with Gasteiger partial charge in [-0.3, -0.25) is 20.6 Å². The van der Waals surface area contributed by atoms with Crippen LogP contribution in [-0.4, -0.2) is 40.7 Å². The maximum atomic E-state index is 14.1. The summed E-state index contributed by atoms with van der Waals surface area (Å²) < 4.78 is 126. The molecule has 6 N–H and O–H groups in total. The summed E-state index contributed by atoms with van der Waals surface area (Å²) in [5.41, 5.74) is 4.39. The second-order valence-electron chi connectivity index (χ2n) is 4.94. The lowest BCUT2D eigenvalue weighted by Crippen LogP contribution is -2.78. The topological polar surface area (TPSA) is 127 Å². The first kappa shape index (κ1) is 22.0. The summed E-state index contributed by atoms with van der Waals surface area (Å²) in [5, 5.41) is 0. The first-order valence-electron chi connectivity index (χ1n) is 5.54. The van der Waals surface area contributed by atoms with Crippen LogP contribution in [0.15, 0.2) is 11.7 Å². The number of halogens is 7. The van der Waals surface area contributed by atoms with E-state index in [9.17, 15) is 30.7 Å². The lowest BCUT2D eigenvalue weighted by molar-refractivity contribution is -0.272. The Morgan fingerprint density at radius 3 is 1.52 bits per heavy atom. The Bertz CT molecular complexity index is 597. The first-order chi connectivity index (χ1) is 9.76. The summed E-state index contributed by atoms with van der Waals surface area (Å²) in [4.78, 5) is 0. The van der Waals surface area contributed by atoms with Crippen molar-refractivity contribution >= 4 is 10.4 Å². The normalized spacial score (nSPS) is 37.5. The zero-order valence-electron chi connectivity index (χ0n) is 11.5. The van der Waals surface area contributed by atoms with Crippen molar-refractivity contribution in [1.82, 2.24) is 0 Å². The smallest absolute Gasteiger partial charge is 0.291 e. The minimum Gasteiger partial charge on any atom is -0.291 e. The van der Waals surface area contributed by atoms with Gasteiger partial charge in [-0.1, -0.05) is 13.8 Å². The molecule has 0 saturated carbocycles. The Labute approximate surface area is 125 Å². The van der Waals surface area contributed by atoms with Gasteiger partial charge in [-0.15, -0.1) is 0 Å². The Morgan fingerprint density at radius 1 is 0.957 bits per heavy atom. The molecule has 0 spiro atoms. The van der Waals surface area contributed by atoms with E-state index < -0.39 is 51.1 Å². The zero-order chi connectivity index (χ0) is 19.2. The van der Waals surface area contributed by atoms with Gasteiger partial charge in [0.15, 0.2) is 11.7 Å². The Balaban J connectivity index is 0.000000841. The van der Waals surface area contributed by atoms with Gasteiger partial charge in [0, 0.05) is 0 Å². The second kappa shape index (κ2) is 5.84. The van der Waals surface area contributed by atoms with E-state index in [0.717, 1.165) is 13.8 Å². The van der Waals surface area contributed by atoms with Crippen LogP contribution in [0, 0.1) is 5.92 Å². The Morgan fingerprint density at radius 2 is 1.26 bits per heavy atom. The van der Waals surface area contributed by atoms with Gasteiger partial charge in [0.2, 0.25) is 5.67 Å². The fraction of sp³-hybridized carbons (Fsp3) is 0.778. The maximum Gasteiger partial charge on any atom is 0.394 e. The highest BCUT2D eigenvalue weighted by atomic mass is 32.3. The summed E-state index contributed by atoms with van der Waals surface area (Å²) in [7, 11) is -4.67. The van der Waals surface area contributed by atoms with Crippen LogP contribution in [0.2, 0.25) is 0 Å². The molecule has 3 atom stereocenters. The third-order valence-electron chi connectivity index (χ3n) is 3.07. The largest absolute Gasteiger partial charge is 0.394 e. The minimum absolute atomic E-state index is 0.784. The van der Waals surface area contributed by atoms with E-state index >= 15 is 0 Å². The van der Waals surface area contributed by atoms with Gasteiger partial charge in [0.05, 0.1) is 0 Å². The second-order valence-corrected chi connectivity index (χ2v) is 5.84. The molecule has 0 heterocycles. The van der Waals surface area contributed by atoms with Crippen molar-refractivity contribution < 1.29 is 48.3 Å². The van der Waals surface area contributed by atoms with Gasteiger partial charge in [0.1, 0.15) is 0 Å². The fourth-order valence-corrected chi connectivity index (χ4v) is 1.78. The van der Waals surface area contributed by atoms with Crippen molar-refractivity contribution in [2.24, 2.45) is 17.4 Å². The fourth-order valence-electron chi connectivity index (χ4n) is 1.78. The standard InChI is InChI=1S/C9H11F7N2.H2O4S/c1-3(2)6(12)4(10)5(11)7(13,17)8(14,15)9(6,16)18;1-5(2,3)4/h3H,17-18H2,1-2H3;(H2,1,2,3,4). The molecule has 3 unspecified atom stereocenters. The molecule has 6 nitrogen and oxygen atoms in total. The molecular formula is C9H13F7N2O4S. The van der Waals surface area contributed by atoms with Crippen LogP contribution in [0.4, 0.5) is 30.7 Å². The Kier molecular flexibility index (Phi) is 5.60. The van der Waals surface area contributed by atoms with Gasteiger partial charge in [0.25, 0.3) is 11.6 Å². The summed E-state index contributed by atoms with van der Waals surface area (Å²) in [6.07, 6.45) is 0. The first-order valence-corrected chi connectivity index (χ1v) is 6.94. The lowest BCUT2D eigenvalue weighted by atomic mass is 9.72. The molecule has 0 fully saturated rings. The monoisotopic (exact) mass is 378 g/mol.